The minimum absolute atomic E-state index is 0.180. The Morgan fingerprint density at radius 3 is 2.68 bits per heavy atom. The van der Waals surface area contributed by atoms with Crippen molar-refractivity contribution < 1.29 is 4.39 Å². The van der Waals surface area contributed by atoms with Crippen LogP contribution in [-0.4, -0.2) is 49.7 Å². The lowest BCUT2D eigenvalue weighted by atomic mass is 10.2. The Hall–Kier alpha value is -1.20. The van der Waals surface area contributed by atoms with E-state index < -0.39 is 0 Å². The van der Waals surface area contributed by atoms with Gasteiger partial charge in [0.1, 0.15) is 0 Å². The Bertz CT molecular complexity index is 402. The predicted molar refractivity (Wildman–Crippen MR) is 75.9 cm³/mol. The summed E-state index contributed by atoms with van der Waals surface area (Å²) in [6, 6.07) is 1.74. The summed E-state index contributed by atoms with van der Waals surface area (Å²) in [6.07, 6.45) is 2.87. The van der Waals surface area contributed by atoms with Crippen molar-refractivity contribution in [2.45, 2.75) is 19.9 Å². The first-order valence-electron chi connectivity index (χ1n) is 7.01. The molecule has 0 bridgehead atoms. The van der Waals surface area contributed by atoms with Crippen molar-refractivity contribution in [1.29, 1.82) is 0 Å². The average molecular weight is 266 g/mol. The number of piperazine rings is 1. The Balaban J connectivity index is 2.05. The third-order valence-corrected chi connectivity index (χ3v) is 3.53. The highest BCUT2D eigenvalue weighted by atomic mass is 19.1. The molecule has 0 unspecified atom stereocenters. The van der Waals surface area contributed by atoms with Crippen molar-refractivity contribution in [3.63, 3.8) is 0 Å². The van der Waals surface area contributed by atoms with Crippen LogP contribution in [0.3, 0.4) is 0 Å². The van der Waals surface area contributed by atoms with E-state index in [1.54, 1.807) is 12.3 Å². The van der Waals surface area contributed by atoms with Crippen LogP contribution in [0.5, 0.6) is 0 Å². The molecule has 0 amide bonds. The molecule has 0 aliphatic carbocycles. The van der Waals surface area contributed by atoms with Crippen molar-refractivity contribution in [2.24, 2.45) is 0 Å². The van der Waals surface area contributed by atoms with Crippen LogP contribution < -0.4 is 10.2 Å². The molecule has 1 fully saturated rings. The van der Waals surface area contributed by atoms with Crippen LogP contribution in [0.15, 0.2) is 12.3 Å². The molecule has 1 aromatic heterocycles. The lowest BCUT2D eigenvalue weighted by Gasteiger charge is -2.35. The zero-order valence-corrected chi connectivity index (χ0v) is 11.8. The fraction of sp³-hybridized carbons (Fsp3) is 0.643. The lowest BCUT2D eigenvalue weighted by Crippen LogP contribution is -2.47. The average Bonchev–Trinajstić information content (AvgIpc) is 2.43. The first-order chi connectivity index (χ1) is 9.26. The summed E-state index contributed by atoms with van der Waals surface area (Å²) in [7, 11) is 1.82. The van der Waals surface area contributed by atoms with E-state index >= 15 is 0 Å². The second-order valence-corrected chi connectivity index (χ2v) is 4.97. The standard InChI is InChI=1S/C14H23FN4/c1-3-6-18-7-9-19(10-8-18)14-13(15)12(11-16-2)4-5-17-14/h4-5,16H,3,6-11H2,1-2H3. The van der Waals surface area contributed by atoms with E-state index in [2.05, 4.69) is 27.0 Å². The first kappa shape index (κ1) is 14.2. The number of pyridine rings is 1. The van der Waals surface area contributed by atoms with E-state index in [1.807, 2.05) is 7.05 Å². The van der Waals surface area contributed by atoms with Gasteiger partial charge in [-0.25, -0.2) is 9.37 Å². The molecule has 1 saturated heterocycles. The first-order valence-corrected chi connectivity index (χ1v) is 7.01. The van der Waals surface area contributed by atoms with Gasteiger partial charge in [0, 0.05) is 44.5 Å². The van der Waals surface area contributed by atoms with Gasteiger partial charge in [-0.2, -0.15) is 0 Å². The number of rotatable bonds is 5. The second kappa shape index (κ2) is 6.82. The van der Waals surface area contributed by atoms with Crippen LogP contribution in [0.25, 0.3) is 0 Å². The highest BCUT2D eigenvalue weighted by Crippen LogP contribution is 2.20. The van der Waals surface area contributed by atoms with Crippen molar-refractivity contribution in [2.75, 3.05) is 44.7 Å². The van der Waals surface area contributed by atoms with Gasteiger partial charge in [-0.15, -0.1) is 0 Å². The van der Waals surface area contributed by atoms with E-state index in [1.165, 1.54) is 6.42 Å². The van der Waals surface area contributed by atoms with E-state index in [0.29, 0.717) is 17.9 Å². The number of nitrogens with zero attached hydrogens (tertiary/aromatic N) is 3. The summed E-state index contributed by atoms with van der Waals surface area (Å²) in [5.41, 5.74) is 0.684. The van der Waals surface area contributed by atoms with E-state index in [4.69, 9.17) is 0 Å². The fourth-order valence-electron chi connectivity index (χ4n) is 2.52. The summed E-state index contributed by atoms with van der Waals surface area (Å²) in [5, 5.41) is 2.98. The molecule has 4 nitrogen and oxygen atoms in total. The van der Waals surface area contributed by atoms with E-state index in [9.17, 15) is 4.39 Å². The highest BCUT2D eigenvalue weighted by Gasteiger charge is 2.21. The molecule has 1 aromatic rings. The maximum atomic E-state index is 14.3. The molecular formula is C14H23FN4. The van der Waals surface area contributed by atoms with Crippen molar-refractivity contribution in [1.82, 2.24) is 15.2 Å². The van der Waals surface area contributed by atoms with Gasteiger partial charge >= 0.3 is 0 Å². The van der Waals surface area contributed by atoms with Gasteiger partial charge in [0.05, 0.1) is 0 Å². The van der Waals surface area contributed by atoms with Gasteiger partial charge in [-0.1, -0.05) is 6.92 Å². The quantitative estimate of drug-likeness (QED) is 0.874. The number of halogens is 1. The molecule has 0 atom stereocenters. The van der Waals surface area contributed by atoms with Crippen molar-refractivity contribution in [3.05, 3.63) is 23.6 Å². The molecule has 1 aliphatic heterocycles. The Morgan fingerprint density at radius 1 is 1.32 bits per heavy atom. The number of anilines is 1. The fourth-order valence-corrected chi connectivity index (χ4v) is 2.52. The zero-order chi connectivity index (χ0) is 13.7. The lowest BCUT2D eigenvalue weighted by molar-refractivity contribution is 0.257. The summed E-state index contributed by atoms with van der Waals surface area (Å²) >= 11 is 0. The van der Waals surface area contributed by atoms with E-state index in [-0.39, 0.29) is 5.82 Å². The minimum Gasteiger partial charge on any atom is -0.352 e. The van der Waals surface area contributed by atoms with Crippen LogP contribution in [0, 0.1) is 5.82 Å². The number of aromatic nitrogens is 1. The second-order valence-electron chi connectivity index (χ2n) is 4.97. The summed E-state index contributed by atoms with van der Waals surface area (Å²) in [6.45, 7) is 7.55. The predicted octanol–water partition coefficient (Wildman–Crippen LogP) is 1.47. The maximum absolute atomic E-state index is 14.3. The highest BCUT2D eigenvalue weighted by molar-refractivity contribution is 5.43. The van der Waals surface area contributed by atoms with Gasteiger partial charge in [0.25, 0.3) is 0 Å². The molecule has 106 valence electrons. The van der Waals surface area contributed by atoms with Gasteiger partial charge < -0.3 is 10.2 Å². The van der Waals surface area contributed by atoms with Crippen LogP contribution in [-0.2, 0) is 6.54 Å². The molecule has 0 spiro atoms. The Kier molecular flexibility index (Phi) is 5.10. The number of hydrogen-bond acceptors (Lipinski definition) is 4. The molecule has 0 radical (unpaired) electrons. The van der Waals surface area contributed by atoms with Gasteiger partial charge in [-0.05, 0) is 26.1 Å². The van der Waals surface area contributed by atoms with Gasteiger partial charge in [0.2, 0.25) is 0 Å². The minimum atomic E-state index is -0.180. The van der Waals surface area contributed by atoms with Crippen molar-refractivity contribution in [3.8, 4) is 0 Å². The smallest absolute Gasteiger partial charge is 0.170 e. The normalized spacial score (nSPS) is 16.9. The maximum Gasteiger partial charge on any atom is 0.170 e. The summed E-state index contributed by atoms with van der Waals surface area (Å²) in [4.78, 5) is 8.70. The van der Waals surface area contributed by atoms with Gasteiger partial charge in [0.15, 0.2) is 11.6 Å². The van der Waals surface area contributed by atoms with Crippen LogP contribution in [0.4, 0.5) is 10.2 Å². The van der Waals surface area contributed by atoms with Gasteiger partial charge in [-0.3, -0.25) is 4.90 Å². The molecule has 0 saturated carbocycles. The zero-order valence-electron chi connectivity index (χ0n) is 11.8. The summed E-state index contributed by atoms with van der Waals surface area (Å²) in [5.74, 6) is 0.324. The summed E-state index contributed by atoms with van der Waals surface area (Å²) < 4.78 is 14.3. The third-order valence-electron chi connectivity index (χ3n) is 3.53. The molecule has 19 heavy (non-hydrogen) atoms. The number of nitrogens with one attached hydrogen (secondary N) is 1. The topological polar surface area (TPSA) is 31.4 Å². The van der Waals surface area contributed by atoms with Crippen LogP contribution in [0.1, 0.15) is 18.9 Å². The molecule has 5 heteroatoms. The molecule has 1 N–H and O–H groups in total. The van der Waals surface area contributed by atoms with E-state index in [0.717, 1.165) is 32.7 Å². The molecule has 0 aromatic carbocycles. The molecule has 2 heterocycles. The Morgan fingerprint density at radius 2 is 2.05 bits per heavy atom. The van der Waals surface area contributed by atoms with Crippen LogP contribution in [0.2, 0.25) is 0 Å². The SMILES string of the molecule is CCCN1CCN(c2nccc(CNC)c2F)CC1. The largest absolute Gasteiger partial charge is 0.352 e. The molecule has 2 rings (SSSR count). The number of hydrogen-bond donors (Lipinski definition) is 1. The van der Waals surface area contributed by atoms with Crippen LogP contribution >= 0.6 is 0 Å². The molecular weight excluding hydrogens is 243 g/mol. The molecule has 1 aliphatic rings. The monoisotopic (exact) mass is 266 g/mol. The van der Waals surface area contributed by atoms with Crippen molar-refractivity contribution >= 4 is 5.82 Å². The Labute approximate surface area is 114 Å². The third kappa shape index (κ3) is 3.42.